The van der Waals surface area contributed by atoms with Crippen molar-refractivity contribution in [1.82, 2.24) is 10.2 Å². The minimum atomic E-state index is 0.0154. The van der Waals surface area contributed by atoms with E-state index in [1.807, 2.05) is 18.2 Å². The van der Waals surface area contributed by atoms with Crippen molar-refractivity contribution in [3.05, 3.63) is 29.8 Å². The summed E-state index contributed by atoms with van der Waals surface area (Å²) < 4.78 is 5.17. The van der Waals surface area contributed by atoms with Gasteiger partial charge in [0.25, 0.3) is 5.91 Å². The van der Waals surface area contributed by atoms with Gasteiger partial charge < -0.3 is 15.0 Å². The molecule has 1 spiro atoms. The monoisotopic (exact) mass is 288 g/mol. The maximum absolute atomic E-state index is 12.3. The maximum atomic E-state index is 12.3. The fourth-order valence-corrected chi connectivity index (χ4v) is 3.62. The molecule has 4 nitrogen and oxygen atoms in total. The van der Waals surface area contributed by atoms with Gasteiger partial charge in [-0.2, -0.15) is 0 Å². The number of piperidine rings is 1. The second-order valence-electron chi connectivity index (χ2n) is 6.61. The zero-order chi connectivity index (χ0) is 14.9. The van der Waals surface area contributed by atoms with Crippen LogP contribution in [0.15, 0.2) is 24.3 Å². The zero-order valence-corrected chi connectivity index (χ0v) is 12.9. The zero-order valence-electron chi connectivity index (χ0n) is 12.9. The lowest BCUT2D eigenvalue weighted by atomic mass is 9.60. The van der Waals surface area contributed by atoms with E-state index in [1.54, 1.807) is 13.2 Å². The van der Waals surface area contributed by atoms with E-state index in [2.05, 4.69) is 17.3 Å². The van der Waals surface area contributed by atoms with Crippen LogP contribution in [-0.2, 0) is 0 Å². The Morgan fingerprint density at radius 3 is 2.71 bits per heavy atom. The van der Waals surface area contributed by atoms with Gasteiger partial charge in [-0.15, -0.1) is 0 Å². The number of carbonyl (C=O) groups excluding carboxylic acids is 1. The molecule has 0 bridgehead atoms. The topological polar surface area (TPSA) is 41.6 Å². The lowest BCUT2D eigenvalue weighted by Gasteiger charge is -2.52. The molecule has 0 atom stereocenters. The van der Waals surface area contributed by atoms with E-state index in [0.717, 1.165) is 18.6 Å². The molecule has 1 N–H and O–H groups in total. The summed E-state index contributed by atoms with van der Waals surface area (Å²) in [5.41, 5.74) is 1.18. The van der Waals surface area contributed by atoms with Gasteiger partial charge in [0.05, 0.1) is 7.11 Å². The predicted molar refractivity (Wildman–Crippen MR) is 82.6 cm³/mol. The minimum absolute atomic E-state index is 0.0154. The highest BCUT2D eigenvalue weighted by Gasteiger charge is 2.45. The fraction of sp³-hybridized carbons (Fsp3) is 0.588. The Hall–Kier alpha value is -1.55. The molecule has 1 aromatic rings. The van der Waals surface area contributed by atoms with Crippen LogP contribution >= 0.6 is 0 Å². The Morgan fingerprint density at radius 2 is 2.05 bits per heavy atom. The Balaban J connectivity index is 1.53. The average molecular weight is 288 g/mol. The largest absolute Gasteiger partial charge is 0.497 e. The summed E-state index contributed by atoms with van der Waals surface area (Å²) in [6, 6.07) is 7.68. The quantitative estimate of drug-likeness (QED) is 0.928. The van der Waals surface area contributed by atoms with Crippen molar-refractivity contribution >= 4 is 5.91 Å². The van der Waals surface area contributed by atoms with Crippen LogP contribution in [0.1, 0.15) is 36.0 Å². The molecule has 3 rings (SSSR count). The molecule has 1 aliphatic heterocycles. The van der Waals surface area contributed by atoms with Crippen LogP contribution in [0, 0.1) is 5.41 Å². The number of amides is 1. The fourth-order valence-electron chi connectivity index (χ4n) is 3.62. The van der Waals surface area contributed by atoms with Gasteiger partial charge in [0.1, 0.15) is 5.75 Å². The standard InChI is InChI=1S/C17H24N2O2/c1-19-8-6-17(7-9-19)11-14(12-17)18-16(20)13-4-3-5-15(10-13)21-2/h3-5,10,14H,6-9,11-12H2,1-2H3,(H,18,20). The number of rotatable bonds is 3. The molecular weight excluding hydrogens is 264 g/mol. The number of hydrogen-bond acceptors (Lipinski definition) is 3. The molecule has 2 fully saturated rings. The van der Waals surface area contributed by atoms with E-state index in [1.165, 1.54) is 25.9 Å². The molecule has 1 saturated heterocycles. The van der Waals surface area contributed by atoms with Crippen molar-refractivity contribution in [1.29, 1.82) is 0 Å². The van der Waals surface area contributed by atoms with E-state index >= 15 is 0 Å². The highest BCUT2D eigenvalue weighted by molar-refractivity contribution is 5.94. The van der Waals surface area contributed by atoms with Crippen molar-refractivity contribution in [2.24, 2.45) is 5.41 Å². The normalized spacial score (nSPS) is 21.8. The molecule has 1 saturated carbocycles. The van der Waals surface area contributed by atoms with Gasteiger partial charge in [-0.25, -0.2) is 0 Å². The van der Waals surface area contributed by atoms with Gasteiger partial charge in [0.2, 0.25) is 0 Å². The summed E-state index contributed by atoms with van der Waals surface area (Å²) in [4.78, 5) is 14.7. The van der Waals surface area contributed by atoms with Crippen molar-refractivity contribution < 1.29 is 9.53 Å². The van der Waals surface area contributed by atoms with E-state index < -0.39 is 0 Å². The summed E-state index contributed by atoms with van der Waals surface area (Å²) in [5, 5.41) is 3.16. The van der Waals surface area contributed by atoms with E-state index in [9.17, 15) is 4.79 Å². The molecule has 114 valence electrons. The van der Waals surface area contributed by atoms with Gasteiger partial charge in [0.15, 0.2) is 0 Å². The molecule has 0 radical (unpaired) electrons. The number of nitrogens with zero attached hydrogens (tertiary/aromatic N) is 1. The Morgan fingerprint density at radius 1 is 1.33 bits per heavy atom. The highest BCUT2D eigenvalue weighted by Crippen LogP contribution is 2.48. The number of nitrogens with one attached hydrogen (secondary N) is 1. The van der Waals surface area contributed by atoms with Gasteiger partial charge in [-0.05, 0) is 69.4 Å². The predicted octanol–water partition coefficient (Wildman–Crippen LogP) is 2.30. The summed E-state index contributed by atoms with van der Waals surface area (Å²) in [6.07, 6.45) is 4.82. The van der Waals surface area contributed by atoms with Gasteiger partial charge >= 0.3 is 0 Å². The van der Waals surface area contributed by atoms with Crippen LogP contribution in [0.25, 0.3) is 0 Å². The van der Waals surface area contributed by atoms with Gasteiger partial charge in [0, 0.05) is 11.6 Å². The molecule has 1 heterocycles. The summed E-state index contributed by atoms with van der Waals surface area (Å²) in [5.74, 6) is 0.740. The van der Waals surface area contributed by atoms with E-state index in [4.69, 9.17) is 4.74 Å². The highest BCUT2D eigenvalue weighted by atomic mass is 16.5. The molecular formula is C17H24N2O2. The van der Waals surface area contributed by atoms with Crippen LogP contribution in [0.4, 0.5) is 0 Å². The first-order valence-electron chi connectivity index (χ1n) is 7.74. The summed E-state index contributed by atoms with van der Waals surface area (Å²) >= 11 is 0. The van der Waals surface area contributed by atoms with Crippen molar-refractivity contribution in [2.45, 2.75) is 31.7 Å². The summed E-state index contributed by atoms with van der Waals surface area (Å²) in [6.45, 7) is 2.38. The SMILES string of the molecule is COc1cccc(C(=O)NC2CC3(CCN(C)CC3)C2)c1. The molecule has 21 heavy (non-hydrogen) atoms. The van der Waals surface area contributed by atoms with Crippen LogP contribution in [-0.4, -0.2) is 44.1 Å². The van der Waals surface area contributed by atoms with Crippen molar-refractivity contribution in [3.8, 4) is 5.75 Å². The van der Waals surface area contributed by atoms with Crippen LogP contribution in [0.2, 0.25) is 0 Å². The Kier molecular flexibility index (Phi) is 3.89. The molecule has 2 aliphatic rings. The first-order chi connectivity index (χ1) is 10.1. The lowest BCUT2D eigenvalue weighted by Crippen LogP contribution is -2.54. The lowest BCUT2D eigenvalue weighted by molar-refractivity contribution is 0.0139. The second kappa shape index (κ2) is 5.68. The third-order valence-electron chi connectivity index (χ3n) is 5.07. The third kappa shape index (κ3) is 3.05. The number of methoxy groups -OCH3 is 1. The van der Waals surface area contributed by atoms with E-state index in [-0.39, 0.29) is 5.91 Å². The number of hydrogen-bond donors (Lipinski definition) is 1. The van der Waals surface area contributed by atoms with Crippen LogP contribution < -0.4 is 10.1 Å². The molecule has 0 unspecified atom stereocenters. The molecule has 1 amide bonds. The summed E-state index contributed by atoms with van der Waals surface area (Å²) in [7, 11) is 3.81. The Labute approximate surface area is 126 Å². The Bertz CT molecular complexity index is 513. The number of likely N-dealkylation sites (tertiary alicyclic amines) is 1. The van der Waals surface area contributed by atoms with Crippen LogP contribution in [0.5, 0.6) is 5.75 Å². The first kappa shape index (κ1) is 14.4. The van der Waals surface area contributed by atoms with E-state index in [0.29, 0.717) is 17.0 Å². The smallest absolute Gasteiger partial charge is 0.251 e. The number of carbonyl (C=O) groups is 1. The van der Waals surface area contributed by atoms with Gasteiger partial charge in [-0.1, -0.05) is 6.07 Å². The second-order valence-corrected chi connectivity index (χ2v) is 6.61. The van der Waals surface area contributed by atoms with Crippen molar-refractivity contribution in [2.75, 3.05) is 27.2 Å². The molecule has 0 aromatic heterocycles. The van der Waals surface area contributed by atoms with Crippen molar-refractivity contribution in [3.63, 3.8) is 0 Å². The number of ether oxygens (including phenoxy) is 1. The molecule has 1 aromatic carbocycles. The molecule has 1 aliphatic carbocycles. The number of benzene rings is 1. The molecule has 4 heteroatoms. The maximum Gasteiger partial charge on any atom is 0.251 e. The average Bonchev–Trinajstić information content (AvgIpc) is 2.48. The minimum Gasteiger partial charge on any atom is -0.497 e. The third-order valence-corrected chi connectivity index (χ3v) is 5.07. The first-order valence-corrected chi connectivity index (χ1v) is 7.74. The van der Waals surface area contributed by atoms with Gasteiger partial charge in [-0.3, -0.25) is 4.79 Å². The van der Waals surface area contributed by atoms with Crippen LogP contribution in [0.3, 0.4) is 0 Å².